The van der Waals surface area contributed by atoms with Crippen molar-refractivity contribution in [1.82, 2.24) is 9.97 Å². The number of carbonyl (C=O) groups excluding carboxylic acids is 1. The fourth-order valence-corrected chi connectivity index (χ4v) is 5.11. The van der Waals surface area contributed by atoms with Gasteiger partial charge in [-0.1, -0.05) is 6.92 Å². The van der Waals surface area contributed by atoms with E-state index in [0.717, 1.165) is 25.0 Å². The summed E-state index contributed by atoms with van der Waals surface area (Å²) in [6.07, 6.45) is -0.547. The first kappa shape index (κ1) is 21.6. The number of alkyl halides is 3. The van der Waals surface area contributed by atoms with E-state index < -0.39 is 11.7 Å². The summed E-state index contributed by atoms with van der Waals surface area (Å²) in [4.78, 5) is 20.6. The van der Waals surface area contributed by atoms with Crippen LogP contribution in [0.3, 0.4) is 0 Å². The maximum Gasteiger partial charge on any atom is 0.417 e. The number of halogens is 4. The third kappa shape index (κ3) is 4.24. The monoisotopic (exact) mass is 459 g/mol. The van der Waals surface area contributed by atoms with Gasteiger partial charge in [-0.3, -0.25) is 9.78 Å². The zero-order valence-electron chi connectivity index (χ0n) is 17.6. The number of pyridine rings is 2. The predicted octanol–water partition coefficient (Wildman–Crippen LogP) is 5.47. The van der Waals surface area contributed by atoms with Crippen LogP contribution in [0.5, 0.6) is 5.75 Å². The molecule has 2 aliphatic carbocycles. The van der Waals surface area contributed by atoms with Crippen molar-refractivity contribution < 1.29 is 27.1 Å². The molecule has 33 heavy (non-hydrogen) atoms. The minimum Gasteiger partial charge on any atom is -0.490 e. The van der Waals surface area contributed by atoms with E-state index in [1.54, 1.807) is 18.3 Å². The Balaban J connectivity index is 1.17. The fourth-order valence-electron chi connectivity index (χ4n) is 5.11. The van der Waals surface area contributed by atoms with Crippen LogP contribution in [-0.4, -0.2) is 22.0 Å². The lowest BCUT2D eigenvalue weighted by Crippen LogP contribution is -2.26. The molecule has 1 aromatic carbocycles. The quantitative estimate of drug-likeness (QED) is 0.515. The number of fused-ring (bicyclic) bond motifs is 2. The smallest absolute Gasteiger partial charge is 0.417 e. The van der Waals surface area contributed by atoms with Crippen molar-refractivity contribution in [2.24, 2.45) is 23.7 Å². The molecule has 1 amide bonds. The first-order valence-electron chi connectivity index (χ1n) is 10.8. The van der Waals surface area contributed by atoms with Crippen LogP contribution in [0.1, 0.15) is 25.3 Å². The minimum atomic E-state index is -4.47. The zero-order valence-corrected chi connectivity index (χ0v) is 17.6. The van der Waals surface area contributed by atoms with Gasteiger partial charge < -0.3 is 10.1 Å². The molecule has 2 aromatic heterocycles. The van der Waals surface area contributed by atoms with Crippen molar-refractivity contribution in [3.8, 4) is 5.75 Å². The van der Waals surface area contributed by atoms with Crippen LogP contribution in [0.2, 0.25) is 0 Å². The molecule has 0 saturated heterocycles. The second-order valence-electron chi connectivity index (χ2n) is 8.79. The van der Waals surface area contributed by atoms with Crippen LogP contribution in [-0.2, 0) is 11.0 Å². The summed E-state index contributed by atoms with van der Waals surface area (Å²) in [6, 6.07) is 8.18. The van der Waals surface area contributed by atoms with Crippen molar-refractivity contribution in [3.05, 3.63) is 60.2 Å². The summed E-state index contributed by atoms with van der Waals surface area (Å²) in [5.41, 5.74) is -0.196. The third-order valence-corrected chi connectivity index (χ3v) is 6.76. The molecule has 0 bridgehead atoms. The van der Waals surface area contributed by atoms with Gasteiger partial charge in [0.1, 0.15) is 17.4 Å². The molecule has 9 heteroatoms. The number of hydrogen-bond acceptors (Lipinski definition) is 4. The van der Waals surface area contributed by atoms with E-state index in [2.05, 4.69) is 15.3 Å². The van der Waals surface area contributed by atoms with Crippen LogP contribution < -0.4 is 10.1 Å². The molecule has 2 aliphatic rings. The number of ether oxygens (including phenoxy) is 1. The van der Waals surface area contributed by atoms with Gasteiger partial charge in [-0.05, 0) is 67.0 Å². The van der Waals surface area contributed by atoms with Crippen molar-refractivity contribution in [2.45, 2.75) is 32.0 Å². The average Bonchev–Trinajstić information content (AvgIpc) is 3.27. The van der Waals surface area contributed by atoms with Crippen molar-refractivity contribution in [2.75, 3.05) is 5.32 Å². The number of aromatic nitrogens is 2. The van der Waals surface area contributed by atoms with Crippen LogP contribution in [0, 0.1) is 29.5 Å². The van der Waals surface area contributed by atoms with Gasteiger partial charge in [-0.25, -0.2) is 9.37 Å². The van der Waals surface area contributed by atoms with E-state index in [1.165, 1.54) is 12.1 Å². The molecule has 0 spiro atoms. The Morgan fingerprint density at radius 1 is 1.12 bits per heavy atom. The van der Waals surface area contributed by atoms with E-state index in [9.17, 15) is 22.4 Å². The van der Waals surface area contributed by atoms with Crippen molar-refractivity contribution in [3.63, 3.8) is 0 Å². The fraction of sp³-hybridized carbons (Fsp3) is 0.375. The molecule has 3 aromatic rings. The van der Waals surface area contributed by atoms with E-state index in [1.807, 2.05) is 6.92 Å². The number of anilines is 1. The number of benzene rings is 1. The van der Waals surface area contributed by atoms with Crippen LogP contribution in [0.15, 0.2) is 48.8 Å². The lowest BCUT2D eigenvalue weighted by atomic mass is 9.97. The van der Waals surface area contributed by atoms with Crippen molar-refractivity contribution >= 4 is 22.6 Å². The summed E-state index contributed by atoms with van der Waals surface area (Å²) >= 11 is 0. The van der Waals surface area contributed by atoms with E-state index >= 15 is 0 Å². The van der Waals surface area contributed by atoms with Gasteiger partial charge in [-0.15, -0.1) is 0 Å². The molecule has 5 nitrogen and oxygen atoms in total. The van der Waals surface area contributed by atoms with Gasteiger partial charge in [0.15, 0.2) is 0 Å². The van der Waals surface area contributed by atoms with Gasteiger partial charge in [0.25, 0.3) is 0 Å². The number of hydrogen-bond donors (Lipinski definition) is 1. The molecule has 2 saturated carbocycles. The Labute approximate surface area is 187 Å². The summed E-state index contributed by atoms with van der Waals surface area (Å²) < 4.78 is 57.8. The summed E-state index contributed by atoms with van der Waals surface area (Å²) in [6.45, 7) is 1.83. The second-order valence-corrected chi connectivity index (χ2v) is 8.79. The number of carbonyl (C=O) groups is 1. The summed E-state index contributed by atoms with van der Waals surface area (Å²) in [5.74, 6) is 0.700. The largest absolute Gasteiger partial charge is 0.490 e. The Kier molecular flexibility index (Phi) is 5.22. The number of rotatable bonds is 5. The summed E-state index contributed by atoms with van der Waals surface area (Å²) in [7, 11) is 0. The molecule has 2 heterocycles. The normalized spacial score (nSPS) is 24.9. The van der Waals surface area contributed by atoms with E-state index in [0.29, 0.717) is 34.7 Å². The SMILES string of the molecule is CC(C(=O)Nc1ccc(C(F)(F)F)cn1)[C@H]1[C@@H]2C[C@H](Oc3ccnc4ccc(F)cc34)C[C@@H]21. The molecule has 0 radical (unpaired) electrons. The number of amides is 1. The summed E-state index contributed by atoms with van der Waals surface area (Å²) in [5, 5.41) is 3.25. The molecule has 2 fully saturated rings. The maximum absolute atomic E-state index is 13.7. The number of nitrogens with zero attached hydrogens (tertiary/aromatic N) is 2. The topological polar surface area (TPSA) is 64.1 Å². The highest BCUT2D eigenvalue weighted by Gasteiger charge is 2.59. The Hall–Kier alpha value is -3.23. The zero-order chi connectivity index (χ0) is 23.3. The van der Waals surface area contributed by atoms with Crippen molar-refractivity contribution in [1.29, 1.82) is 0 Å². The molecule has 1 unspecified atom stereocenters. The van der Waals surface area contributed by atoms with E-state index in [4.69, 9.17) is 4.74 Å². The highest BCUT2D eigenvalue weighted by molar-refractivity contribution is 5.92. The minimum absolute atomic E-state index is 0.0167. The molecule has 5 atom stereocenters. The Morgan fingerprint density at radius 2 is 1.88 bits per heavy atom. The Bertz CT molecular complexity index is 1190. The lowest BCUT2D eigenvalue weighted by molar-refractivity contribution is -0.137. The highest BCUT2D eigenvalue weighted by atomic mass is 19.4. The molecular weight excluding hydrogens is 438 g/mol. The van der Waals surface area contributed by atoms with Crippen LogP contribution in [0.25, 0.3) is 10.9 Å². The standard InChI is InChI=1S/C24H21F4N3O2/c1-12(23(32)31-21-5-2-13(11-30-21)24(26,27)28)22-16-9-15(10-17(16)22)33-20-6-7-29-19-4-3-14(25)8-18(19)20/h2-8,11-12,15-17,22H,9-10H2,1H3,(H,30,31,32)/t12?,15-,16+,17-,22-. The molecular formula is C24H21F4N3O2. The first-order chi connectivity index (χ1) is 15.7. The van der Waals surface area contributed by atoms with Gasteiger partial charge in [0.05, 0.1) is 17.2 Å². The van der Waals surface area contributed by atoms with E-state index in [-0.39, 0.29) is 35.5 Å². The molecule has 172 valence electrons. The average molecular weight is 459 g/mol. The maximum atomic E-state index is 13.7. The van der Waals surface area contributed by atoms with Gasteiger partial charge >= 0.3 is 6.18 Å². The second kappa shape index (κ2) is 7.97. The number of nitrogens with one attached hydrogen (secondary N) is 1. The predicted molar refractivity (Wildman–Crippen MR) is 113 cm³/mol. The highest BCUT2D eigenvalue weighted by Crippen LogP contribution is 2.61. The molecule has 0 aliphatic heterocycles. The Morgan fingerprint density at radius 3 is 2.55 bits per heavy atom. The lowest BCUT2D eigenvalue weighted by Gasteiger charge is -2.20. The van der Waals surface area contributed by atoms with Gasteiger partial charge in [-0.2, -0.15) is 13.2 Å². The first-order valence-corrected chi connectivity index (χ1v) is 10.8. The molecule has 5 rings (SSSR count). The molecule has 1 N–H and O–H groups in total. The van der Waals surface area contributed by atoms with Gasteiger partial charge in [0.2, 0.25) is 5.91 Å². The van der Waals surface area contributed by atoms with Crippen LogP contribution in [0.4, 0.5) is 23.4 Å². The van der Waals surface area contributed by atoms with Gasteiger partial charge in [0, 0.05) is 23.7 Å². The third-order valence-electron chi connectivity index (χ3n) is 6.76. The van der Waals surface area contributed by atoms with Crippen LogP contribution >= 0.6 is 0 Å².